The Labute approximate surface area is 103 Å². The van der Waals surface area contributed by atoms with E-state index >= 15 is 0 Å². The van der Waals surface area contributed by atoms with Gasteiger partial charge in [-0.15, -0.1) is 6.42 Å². The zero-order chi connectivity index (χ0) is 13.1. The van der Waals surface area contributed by atoms with Crippen LogP contribution in [0.1, 0.15) is 40.5 Å². The number of hydrogen-bond donors (Lipinski definition) is 2. The van der Waals surface area contributed by atoms with Gasteiger partial charge in [0.25, 0.3) is 0 Å². The predicted octanol–water partition coefficient (Wildman–Crippen LogP) is 1.65. The SMILES string of the molecule is C#CC(C)NC1CC(NC(=O)OC(C)(C)C)C1. The van der Waals surface area contributed by atoms with Gasteiger partial charge in [-0.25, -0.2) is 4.79 Å². The van der Waals surface area contributed by atoms with E-state index in [0.29, 0.717) is 6.04 Å². The summed E-state index contributed by atoms with van der Waals surface area (Å²) >= 11 is 0. The quantitative estimate of drug-likeness (QED) is 0.735. The van der Waals surface area contributed by atoms with Crippen LogP contribution in [0.2, 0.25) is 0 Å². The summed E-state index contributed by atoms with van der Waals surface area (Å²) in [5, 5.41) is 6.13. The molecule has 96 valence electrons. The van der Waals surface area contributed by atoms with Crippen LogP contribution in [0.5, 0.6) is 0 Å². The summed E-state index contributed by atoms with van der Waals surface area (Å²) in [5.41, 5.74) is -0.441. The third-order valence-corrected chi connectivity index (χ3v) is 2.59. The van der Waals surface area contributed by atoms with Gasteiger partial charge in [0.1, 0.15) is 5.60 Å². The molecule has 0 aromatic carbocycles. The van der Waals surface area contributed by atoms with E-state index in [4.69, 9.17) is 11.2 Å². The molecule has 1 unspecified atom stereocenters. The van der Waals surface area contributed by atoms with Crippen LogP contribution in [0, 0.1) is 12.3 Å². The van der Waals surface area contributed by atoms with E-state index in [1.165, 1.54) is 0 Å². The van der Waals surface area contributed by atoms with Crippen molar-refractivity contribution in [3.8, 4) is 12.3 Å². The van der Waals surface area contributed by atoms with Gasteiger partial charge in [0.2, 0.25) is 0 Å². The standard InChI is InChI=1S/C13H22N2O2/c1-6-9(2)14-10-7-11(8-10)15-12(16)17-13(3,4)5/h1,9-11,14H,7-8H2,2-5H3,(H,15,16). The first-order chi connectivity index (χ1) is 7.80. The number of terminal acetylenes is 1. The van der Waals surface area contributed by atoms with Crippen molar-refractivity contribution in [2.75, 3.05) is 0 Å². The molecule has 0 spiro atoms. The largest absolute Gasteiger partial charge is 0.444 e. The molecular formula is C13H22N2O2. The van der Waals surface area contributed by atoms with Gasteiger partial charge in [0.15, 0.2) is 0 Å². The molecule has 17 heavy (non-hydrogen) atoms. The summed E-state index contributed by atoms with van der Waals surface area (Å²) in [6.45, 7) is 7.51. The van der Waals surface area contributed by atoms with Crippen LogP contribution in [0.15, 0.2) is 0 Å². The average Bonchev–Trinajstić information content (AvgIpc) is 2.11. The van der Waals surface area contributed by atoms with E-state index in [1.807, 2.05) is 27.7 Å². The second kappa shape index (κ2) is 5.42. The van der Waals surface area contributed by atoms with E-state index in [0.717, 1.165) is 12.8 Å². The highest BCUT2D eigenvalue weighted by Gasteiger charge is 2.31. The minimum atomic E-state index is -0.441. The van der Waals surface area contributed by atoms with E-state index in [9.17, 15) is 4.79 Å². The maximum absolute atomic E-state index is 11.5. The number of carbonyl (C=O) groups excluding carboxylic acids is 1. The van der Waals surface area contributed by atoms with Gasteiger partial charge in [-0.3, -0.25) is 0 Å². The Morgan fingerprint density at radius 2 is 2.00 bits per heavy atom. The number of alkyl carbamates (subject to hydrolysis) is 1. The van der Waals surface area contributed by atoms with Crippen molar-refractivity contribution in [3.63, 3.8) is 0 Å². The maximum atomic E-state index is 11.5. The molecule has 1 saturated carbocycles. The summed E-state index contributed by atoms with van der Waals surface area (Å²) < 4.78 is 5.18. The molecule has 0 aromatic rings. The normalized spacial score (nSPS) is 25.4. The fourth-order valence-electron chi connectivity index (χ4n) is 1.75. The van der Waals surface area contributed by atoms with Gasteiger partial charge < -0.3 is 15.4 Å². The molecule has 4 nitrogen and oxygen atoms in total. The Balaban J connectivity index is 2.17. The monoisotopic (exact) mass is 238 g/mol. The van der Waals surface area contributed by atoms with Gasteiger partial charge in [0, 0.05) is 12.1 Å². The summed E-state index contributed by atoms with van der Waals surface area (Å²) in [7, 11) is 0. The fraction of sp³-hybridized carbons (Fsp3) is 0.769. The molecule has 0 bridgehead atoms. The first kappa shape index (κ1) is 13.9. The highest BCUT2D eigenvalue weighted by atomic mass is 16.6. The zero-order valence-corrected chi connectivity index (χ0v) is 11.0. The van der Waals surface area contributed by atoms with Crippen molar-refractivity contribution in [1.82, 2.24) is 10.6 Å². The number of nitrogens with one attached hydrogen (secondary N) is 2. The first-order valence-corrected chi connectivity index (χ1v) is 6.02. The van der Waals surface area contributed by atoms with Crippen molar-refractivity contribution >= 4 is 6.09 Å². The van der Waals surface area contributed by atoms with Crippen LogP contribution < -0.4 is 10.6 Å². The highest BCUT2D eigenvalue weighted by molar-refractivity contribution is 5.68. The molecule has 1 aliphatic rings. The molecule has 0 saturated heterocycles. The number of rotatable bonds is 3. The average molecular weight is 238 g/mol. The molecule has 0 radical (unpaired) electrons. The molecule has 1 rings (SSSR count). The lowest BCUT2D eigenvalue weighted by Crippen LogP contribution is -2.54. The topological polar surface area (TPSA) is 50.4 Å². The molecule has 0 aliphatic heterocycles. The molecule has 0 aromatic heterocycles. The molecule has 1 amide bonds. The number of hydrogen-bond acceptors (Lipinski definition) is 3. The van der Waals surface area contributed by atoms with E-state index in [2.05, 4.69) is 16.6 Å². The van der Waals surface area contributed by atoms with E-state index in [1.54, 1.807) is 0 Å². The molecule has 4 heteroatoms. The van der Waals surface area contributed by atoms with Crippen molar-refractivity contribution in [2.24, 2.45) is 0 Å². The van der Waals surface area contributed by atoms with Crippen molar-refractivity contribution in [1.29, 1.82) is 0 Å². The number of carbonyl (C=O) groups is 1. The van der Waals surface area contributed by atoms with Crippen molar-refractivity contribution in [2.45, 2.75) is 64.3 Å². The van der Waals surface area contributed by atoms with Crippen molar-refractivity contribution < 1.29 is 9.53 Å². The van der Waals surface area contributed by atoms with Crippen LogP contribution >= 0.6 is 0 Å². The van der Waals surface area contributed by atoms with Crippen LogP contribution in [0.25, 0.3) is 0 Å². The van der Waals surface area contributed by atoms with Gasteiger partial charge in [-0.05, 0) is 40.5 Å². The third kappa shape index (κ3) is 5.10. The first-order valence-electron chi connectivity index (χ1n) is 6.02. The lowest BCUT2D eigenvalue weighted by Gasteiger charge is -2.37. The lowest BCUT2D eigenvalue weighted by atomic mass is 9.86. The molecular weight excluding hydrogens is 216 g/mol. The summed E-state index contributed by atoms with van der Waals surface area (Å²) in [6, 6.07) is 0.691. The predicted molar refractivity (Wildman–Crippen MR) is 67.6 cm³/mol. The second-order valence-electron chi connectivity index (χ2n) is 5.57. The van der Waals surface area contributed by atoms with Gasteiger partial charge in [-0.2, -0.15) is 0 Å². The van der Waals surface area contributed by atoms with Gasteiger partial charge in [-0.1, -0.05) is 5.92 Å². The van der Waals surface area contributed by atoms with Crippen molar-refractivity contribution in [3.05, 3.63) is 0 Å². The Kier molecular flexibility index (Phi) is 4.41. The Hall–Kier alpha value is -1.21. The summed E-state index contributed by atoms with van der Waals surface area (Å²) in [5.74, 6) is 2.63. The number of amides is 1. The second-order valence-corrected chi connectivity index (χ2v) is 5.57. The Morgan fingerprint density at radius 3 is 2.47 bits per heavy atom. The van der Waals surface area contributed by atoms with Crippen LogP contribution in [-0.4, -0.2) is 29.8 Å². The van der Waals surface area contributed by atoms with E-state index < -0.39 is 5.60 Å². The lowest BCUT2D eigenvalue weighted by molar-refractivity contribution is 0.0465. The number of ether oxygens (including phenoxy) is 1. The highest BCUT2D eigenvalue weighted by Crippen LogP contribution is 2.21. The Bertz CT molecular complexity index is 308. The fourth-order valence-corrected chi connectivity index (χ4v) is 1.75. The molecule has 0 heterocycles. The Morgan fingerprint density at radius 1 is 1.41 bits per heavy atom. The van der Waals surface area contributed by atoms with Crippen LogP contribution in [0.3, 0.4) is 0 Å². The molecule has 1 atom stereocenters. The van der Waals surface area contributed by atoms with E-state index in [-0.39, 0.29) is 18.2 Å². The maximum Gasteiger partial charge on any atom is 0.407 e. The molecule has 2 N–H and O–H groups in total. The third-order valence-electron chi connectivity index (χ3n) is 2.59. The smallest absolute Gasteiger partial charge is 0.407 e. The van der Waals surface area contributed by atoms with Crippen LogP contribution in [0.4, 0.5) is 4.79 Å². The molecule has 1 aliphatic carbocycles. The van der Waals surface area contributed by atoms with Crippen LogP contribution in [-0.2, 0) is 4.74 Å². The summed E-state index contributed by atoms with van der Waals surface area (Å²) in [4.78, 5) is 11.5. The zero-order valence-electron chi connectivity index (χ0n) is 11.0. The van der Waals surface area contributed by atoms with Gasteiger partial charge >= 0.3 is 6.09 Å². The minimum Gasteiger partial charge on any atom is -0.444 e. The van der Waals surface area contributed by atoms with Gasteiger partial charge in [0.05, 0.1) is 6.04 Å². The summed E-state index contributed by atoms with van der Waals surface area (Å²) in [6.07, 6.45) is 6.76. The molecule has 1 fully saturated rings. The minimum absolute atomic E-state index is 0.0856.